The number of carbonyl (C=O) groups excluding carboxylic acids is 2. The van der Waals surface area contributed by atoms with Crippen LogP contribution in [0.25, 0.3) is 0 Å². The number of amides is 2. The molecule has 0 aromatic heterocycles. The van der Waals surface area contributed by atoms with Gasteiger partial charge in [-0.3, -0.25) is 14.5 Å². The number of carbonyl (C=O) groups is 2. The molecular weight excluding hydrogens is 458 g/mol. The van der Waals surface area contributed by atoms with Crippen molar-refractivity contribution in [1.82, 2.24) is 0 Å². The van der Waals surface area contributed by atoms with E-state index in [1.807, 2.05) is 12.1 Å². The number of rotatable bonds is 4. The van der Waals surface area contributed by atoms with E-state index in [0.29, 0.717) is 38.3 Å². The van der Waals surface area contributed by atoms with Gasteiger partial charge in [0.25, 0.3) is 5.91 Å². The van der Waals surface area contributed by atoms with E-state index in [2.05, 4.69) is 5.32 Å². The molecule has 4 rings (SSSR count). The number of nitrogens with zero attached hydrogens (tertiary/aromatic N) is 1. The summed E-state index contributed by atoms with van der Waals surface area (Å²) >= 11 is 13.4. The number of hydrogen-bond donors (Lipinski definition) is 1. The maximum atomic E-state index is 14.1. The van der Waals surface area contributed by atoms with Gasteiger partial charge in [0, 0.05) is 16.8 Å². The van der Waals surface area contributed by atoms with Crippen LogP contribution in [0, 0.1) is 12.7 Å². The van der Waals surface area contributed by atoms with Crippen molar-refractivity contribution in [3.05, 3.63) is 93.2 Å². The summed E-state index contributed by atoms with van der Waals surface area (Å²) in [6.45, 7) is 1.66. The highest BCUT2D eigenvalue weighted by atomic mass is 35.5. The van der Waals surface area contributed by atoms with Crippen molar-refractivity contribution in [2.24, 2.45) is 0 Å². The molecule has 1 atom stereocenters. The van der Waals surface area contributed by atoms with Crippen molar-refractivity contribution in [2.45, 2.75) is 12.3 Å². The Morgan fingerprint density at radius 3 is 2.65 bits per heavy atom. The van der Waals surface area contributed by atoms with Crippen LogP contribution in [0.3, 0.4) is 0 Å². The van der Waals surface area contributed by atoms with E-state index < -0.39 is 0 Å². The highest BCUT2D eigenvalue weighted by molar-refractivity contribution is 8.00. The Bertz CT molecular complexity index is 1190. The topological polar surface area (TPSA) is 49.4 Å². The summed E-state index contributed by atoms with van der Waals surface area (Å²) in [7, 11) is 0. The molecule has 4 nitrogen and oxygen atoms in total. The van der Waals surface area contributed by atoms with Crippen LogP contribution in [0.4, 0.5) is 15.8 Å². The zero-order chi connectivity index (χ0) is 22.1. The van der Waals surface area contributed by atoms with Gasteiger partial charge in [-0.15, -0.1) is 11.8 Å². The van der Waals surface area contributed by atoms with Gasteiger partial charge in [0.05, 0.1) is 21.5 Å². The molecule has 1 aliphatic heterocycles. The van der Waals surface area contributed by atoms with Crippen molar-refractivity contribution in [2.75, 3.05) is 16.0 Å². The maximum absolute atomic E-state index is 14.1. The van der Waals surface area contributed by atoms with Crippen LogP contribution < -0.4 is 10.2 Å². The Morgan fingerprint density at radius 2 is 1.87 bits per heavy atom. The third kappa shape index (κ3) is 4.42. The zero-order valence-corrected chi connectivity index (χ0v) is 18.7. The van der Waals surface area contributed by atoms with E-state index in [1.54, 1.807) is 48.2 Å². The highest BCUT2D eigenvalue weighted by Crippen LogP contribution is 2.43. The summed E-state index contributed by atoms with van der Waals surface area (Å²) in [5.74, 6) is -0.484. The molecule has 1 saturated heterocycles. The monoisotopic (exact) mass is 474 g/mol. The lowest BCUT2D eigenvalue weighted by Crippen LogP contribution is -2.28. The van der Waals surface area contributed by atoms with Crippen molar-refractivity contribution in [3.8, 4) is 0 Å². The number of halogens is 3. The van der Waals surface area contributed by atoms with Crippen LogP contribution in [-0.4, -0.2) is 17.6 Å². The zero-order valence-electron chi connectivity index (χ0n) is 16.4. The molecule has 1 fully saturated rings. The molecule has 0 aliphatic carbocycles. The minimum Gasteiger partial charge on any atom is -0.322 e. The minimum atomic E-state index is -0.358. The molecular formula is C23H17Cl2FN2O2S. The van der Waals surface area contributed by atoms with Gasteiger partial charge < -0.3 is 5.32 Å². The Hall–Kier alpha value is -2.54. The van der Waals surface area contributed by atoms with E-state index in [9.17, 15) is 14.0 Å². The first-order valence-corrected chi connectivity index (χ1v) is 11.2. The summed E-state index contributed by atoms with van der Waals surface area (Å²) in [5, 5.41) is 3.18. The Kier molecular flexibility index (Phi) is 6.23. The second-order valence-electron chi connectivity index (χ2n) is 7.02. The van der Waals surface area contributed by atoms with Gasteiger partial charge >= 0.3 is 0 Å². The SMILES string of the molecule is Cc1c(F)cccc1N1C(=O)CS[C@@H]1c1cccc(NC(=O)c2ccc(Cl)c(Cl)c2)c1. The van der Waals surface area contributed by atoms with Crippen LogP contribution >= 0.6 is 35.0 Å². The molecule has 0 saturated carbocycles. The second kappa shape index (κ2) is 8.91. The molecule has 3 aromatic carbocycles. The van der Waals surface area contributed by atoms with Crippen molar-refractivity contribution in [1.29, 1.82) is 0 Å². The number of benzene rings is 3. The van der Waals surface area contributed by atoms with E-state index >= 15 is 0 Å². The van der Waals surface area contributed by atoms with E-state index in [-0.39, 0.29) is 23.0 Å². The number of hydrogen-bond acceptors (Lipinski definition) is 3. The summed E-state index contributed by atoms with van der Waals surface area (Å²) < 4.78 is 14.1. The first kappa shape index (κ1) is 21.7. The van der Waals surface area contributed by atoms with E-state index in [1.165, 1.54) is 23.9 Å². The number of anilines is 2. The van der Waals surface area contributed by atoms with Gasteiger partial charge in [0.15, 0.2) is 0 Å². The summed E-state index contributed by atoms with van der Waals surface area (Å²) in [4.78, 5) is 26.8. The standard InChI is InChI=1S/C23H17Cl2FN2O2S/c1-13-19(26)6-3-7-20(13)28-21(29)12-31-23(28)15-4-2-5-16(10-15)27-22(30)14-8-9-17(24)18(25)11-14/h2-11,23H,12H2,1H3,(H,27,30)/t23-/m1/s1. The fraction of sp³-hybridized carbons (Fsp3) is 0.130. The predicted molar refractivity (Wildman–Crippen MR) is 125 cm³/mol. The lowest BCUT2D eigenvalue weighted by molar-refractivity contribution is -0.115. The smallest absolute Gasteiger partial charge is 0.255 e. The quantitative estimate of drug-likeness (QED) is 0.471. The molecule has 0 spiro atoms. The lowest BCUT2D eigenvalue weighted by atomic mass is 10.1. The van der Waals surface area contributed by atoms with Gasteiger partial charge in [-0.1, -0.05) is 41.4 Å². The van der Waals surface area contributed by atoms with Crippen molar-refractivity contribution >= 4 is 58.2 Å². The van der Waals surface area contributed by atoms with E-state index in [4.69, 9.17) is 23.2 Å². The molecule has 2 amide bonds. The van der Waals surface area contributed by atoms with Crippen LogP contribution in [0.15, 0.2) is 60.7 Å². The predicted octanol–water partition coefficient (Wildman–Crippen LogP) is 6.47. The molecule has 1 aliphatic rings. The average molecular weight is 475 g/mol. The number of thioether (sulfide) groups is 1. The molecule has 3 aromatic rings. The summed E-state index contributed by atoms with van der Waals surface area (Å²) in [6, 6.07) is 16.6. The normalized spacial score (nSPS) is 15.9. The molecule has 158 valence electrons. The minimum absolute atomic E-state index is 0.0889. The maximum Gasteiger partial charge on any atom is 0.255 e. The first-order valence-electron chi connectivity index (χ1n) is 9.40. The average Bonchev–Trinajstić information content (AvgIpc) is 3.13. The van der Waals surface area contributed by atoms with Crippen LogP contribution in [0.2, 0.25) is 10.0 Å². The van der Waals surface area contributed by atoms with Crippen molar-refractivity contribution in [3.63, 3.8) is 0 Å². The van der Waals surface area contributed by atoms with Crippen LogP contribution in [0.5, 0.6) is 0 Å². The molecule has 0 unspecified atom stereocenters. The highest BCUT2D eigenvalue weighted by Gasteiger charge is 2.35. The van der Waals surface area contributed by atoms with Crippen LogP contribution in [0.1, 0.15) is 26.9 Å². The first-order chi connectivity index (χ1) is 14.8. The molecule has 1 heterocycles. The fourth-order valence-electron chi connectivity index (χ4n) is 3.40. The molecule has 0 bridgehead atoms. The largest absolute Gasteiger partial charge is 0.322 e. The molecule has 8 heteroatoms. The second-order valence-corrected chi connectivity index (χ2v) is 8.90. The fourth-order valence-corrected chi connectivity index (χ4v) is 4.86. The van der Waals surface area contributed by atoms with Gasteiger partial charge in [-0.25, -0.2) is 4.39 Å². The third-order valence-corrected chi connectivity index (χ3v) is 6.93. The molecule has 1 N–H and O–H groups in total. The Balaban J connectivity index is 1.61. The van der Waals surface area contributed by atoms with E-state index in [0.717, 1.165) is 5.56 Å². The summed E-state index contributed by atoms with van der Waals surface area (Å²) in [6.07, 6.45) is 0. The Labute approximate surface area is 193 Å². The van der Waals surface area contributed by atoms with Gasteiger partial charge in [0.2, 0.25) is 5.91 Å². The van der Waals surface area contributed by atoms with Crippen molar-refractivity contribution < 1.29 is 14.0 Å². The summed E-state index contributed by atoms with van der Waals surface area (Å²) in [5.41, 5.74) is 2.75. The lowest BCUT2D eigenvalue weighted by Gasteiger charge is -2.26. The van der Waals surface area contributed by atoms with Gasteiger partial charge in [0.1, 0.15) is 11.2 Å². The van der Waals surface area contributed by atoms with Gasteiger partial charge in [-0.2, -0.15) is 0 Å². The van der Waals surface area contributed by atoms with Crippen LogP contribution in [-0.2, 0) is 4.79 Å². The molecule has 31 heavy (non-hydrogen) atoms. The van der Waals surface area contributed by atoms with Gasteiger partial charge in [-0.05, 0) is 55.0 Å². The Morgan fingerprint density at radius 1 is 1.10 bits per heavy atom. The molecule has 0 radical (unpaired) electrons. The number of nitrogens with one attached hydrogen (secondary N) is 1. The third-order valence-electron chi connectivity index (χ3n) is 4.98.